The highest BCUT2D eigenvalue weighted by Crippen LogP contribution is 2.46. The number of thioether (sulfide) groups is 1. The molecule has 0 bridgehead atoms. The van der Waals surface area contributed by atoms with E-state index in [0.717, 1.165) is 36.3 Å². The number of hydrogen-bond acceptors (Lipinski definition) is 3. The van der Waals surface area contributed by atoms with Crippen molar-refractivity contribution in [3.05, 3.63) is 28.8 Å². The van der Waals surface area contributed by atoms with Gasteiger partial charge in [0.2, 0.25) is 0 Å². The molecule has 0 amide bonds. The Morgan fingerprint density at radius 2 is 2.22 bits per heavy atom. The van der Waals surface area contributed by atoms with Crippen LogP contribution >= 0.6 is 23.4 Å². The molecule has 1 aromatic rings. The van der Waals surface area contributed by atoms with Gasteiger partial charge in [-0.3, -0.25) is 0 Å². The van der Waals surface area contributed by atoms with E-state index in [-0.39, 0.29) is 6.10 Å². The van der Waals surface area contributed by atoms with Crippen LogP contribution in [0.1, 0.15) is 31.2 Å². The third-order valence-electron chi connectivity index (χ3n) is 3.60. The van der Waals surface area contributed by atoms with Gasteiger partial charge in [-0.1, -0.05) is 17.7 Å². The topological polar surface area (TPSA) is 29.5 Å². The molecule has 1 aliphatic carbocycles. The largest absolute Gasteiger partial charge is 0.488 e. The number of rotatable bonds is 3. The van der Waals surface area contributed by atoms with Crippen molar-refractivity contribution in [2.24, 2.45) is 0 Å². The fraction of sp³-hybridized carbons (Fsp3) is 0.571. The zero-order valence-corrected chi connectivity index (χ0v) is 11.8. The predicted molar refractivity (Wildman–Crippen MR) is 75.6 cm³/mol. The van der Waals surface area contributed by atoms with E-state index in [1.807, 2.05) is 30.0 Å². The van der Waals surface area contributed by atoms with Crippen molar-refractivity contribution >= 4 is 23.4 Å². The molecule has 18 heavy (non-hydrogen) atoms. The van der Waals surface area contributed by atoms with Gasteiger partial charge in [-0.2, -0.15) is 11.8 Å². The molecule has 2 aliphatic rings. The first kappa shape index (κ1) is 12.6. The second-order valence-electron chi connectivity index (χ2n) is 5.13. The Bertz CT molecular complexity index is 439. The lowest BCUT2D eigenvalue weighted by Gasteiger charge is -2.23. The van der Waals surface area contributed by atoms with Crippen LogP contribution in [0.3, 0.4) is 0 Å². The molecule has 1 aromatic carbocycles. The summed E-state index contributed by atoms with van der Waals surface area (Å²) in [6.45, 7) is 0. The maximum Gasteiger partial charge on any atom is 0.138 e. The van der Waals surface area contributed by atoms with Crippen LogP contribution < -0.4 is 4.74 Å². The smallest absolute Gasteiger partial charge is 0.138 e. The Labute approximate surface area is 117 Å². The van der Waals surface area contributed by atoms with E-state index in [2.05, 4.69) is 0 Å². The normalized spacial score (nSPS) is 25.8. The van der Waals surface area contributed by atoms with Crippen molar-refractivity contribution in [2.45, 2.75) is 37.4 Å². The average molecular weight is 285 g/mol. The molecule has 1 saturated carbocycles. The molecule has 0 aromatic heterocycles. The van der Waals surface area contributed by atoms with E-state index in [1.54, 1.807) is 0 Å². The molecule has 98 valence electrons. The predicted octanol–water partition coefficient (Wildman–Crippen LogP) is 3.60. The summed E-state index contributed by atoms with van der Waals surface area (Å²) in [5.74, 6) is 3.03. The summed E-state index contributed by atoms with van der Waals surface area (Å²) in [4.78, 5) is 0. The standard InChI is InChI=1S/C14H17ClO2S/c15-12-8-10(14(16)5-6-14)3-4-13(12)17-11-2-1-7-18-9-11/h3-4,8,11,16H,1-2,5-7,9H2. The SMILES string of the molecule is OC1(c2ccc(OC3CCCSC3)c(Cl)c2)CC1. The maximum atomic E-state index is 10.0. The molecule has 1 saturated heterocycles. The minimum Gasteiger partial charge on any atom is -0.488 e. The summed E-state index contributed by atoms with van der Waals surface area (Å²) in [6, 6.07) is 5.68. The molecule has 1 atom stereocenters. The highest BCUT2D eigenvalue weighted by atomic mass is 35.5. The quantitative estimate of drug-likeness (QED) is 0.920. The van der Waals surface area contributed by atoms with Crippen LogP contribution in [0, 0.1) is 0 Å². The van der Waals surface area contributed by atoms with Gasteiger partial charge in [0.05, 0.1) is 10.6 Å². The summed E-state index contributed by atoms with van der Waals surface area (Å²) in [5, 5.41) is 10.6. The zero-order chi connectivity index (χ0) is 12.6. The Balaban J connectivity index is 1.72. The summed E-state index contributed by atoms with van der Waals surface area (Å²) >= 11 is 8.18. The van der Waals surface area contributed by atoms with Gasteiger partial charge in [-0.05, 0) is 49.1 Å². The van der Waals surface area contributed by atoms with Crippen molar-refractivity contribution in [1.82, 2.24) is 0 Å². The highest BCUT2D eigenvalue weighted by molar-refractivity contribution is 7.99. The number of hydrogen-bond donors (Lipinski definition) is 1. The Morgan fingerprint density at radius 1 is 1.39 bits per heavy atom. The average Bonchev–Trinajstić information content (AvgIpc) is 3.12. The Hall–Kier alpha value is -0.380. The minimum atomic E-state index is -0.622. The van der Waals surface area contributed by atoms with Crippen LogP contribution in [0.4, 0.5) is 0 Å². The molecule has 0 radical (unpaired) electrons. The van der Waals surface area contributed by atoms with Gasteiger partial charge in [0, 0.05) is 5.75 Å². The summed E-state index contributed by atoms with van der Waals surface area (Å²) in [7, 11) is 0. The fourth-order valence-electron chi connectivity index (χ4n) is 2.28. The van der Waals surface area contributed by atoms with Gasteiger partial charge in [-0.15, -0.1) is 0 Å². The first-order chi connectivity index (χ1) is 8.67. The van der Waals surface area contributed by atoms with Gasteiger partial charge in [0.15, 0.2) is 0 Å². The van der Waals surface area contributed by atoms with Gasteiger partial charge in [0.25, 0.3) is 0 Å². The summed E-state index contributed by atoms with van der Waals surface area (Å²) in [6.07, 6.45) is 4.27. The van der Waals surface area contributed by atoms with E-state index in [4.69, 9.17) is 16.3 Å². The van der Waals surface area contributed by atoms with Crippen LogP contribution in [-0.4, -0.2) is 22.7 Å². The fourth-order valence-corrected chi connectivity index (χ4v) is 3.54. The maximum absolute atomic E-state index is 10.0. The molecule has 1 heterocycles. The molecule has 2 nitrogen and oxygen atoms in total. The Kier molecular flexibility index (Phi) is 3.48. The number of aliphatic hydroxyl groups is 1. The minimum absolute atomic E-state index is 0.274. The summed E-state index contributed by atoms with van der Waals surface area (Å²) in [5.41, 5.74) is 0.293. The van der Waals surface area contributed by atoms with Crippen molar-refractivity contribution in [3.63, 3.8) is 0 Å². The molecule has 3 rings (SSSR count). The van der Waals surface area contributed by atoms with Crippen molar-refractivity contribution < 1.29 is 9.84 Å². The van der Waals surface area contributed by atoms with E-state index in [9.17, 15) is 5.11 Å². The van der Waals surface area contributed by atoms with Crippen LogP contribution in [-0.2, 0) is 5.60 Å². The zero-order valence-electron chi connectivity index (χ0n) is 10.2. The lowest BCUT2D eigenvalue weighted by molar-refractivity contribution is 0.151. The van der Waals surface area contributed by atoms with Crippen LogP contribution in [0.5, 0.6) is 5.75 Å². The first-order valence-corrected chi connectivity index (χ1v) is 7.97. The number of benzene rings is 1. The van der Waals surface area contributed by atoms with Crippen LogP contribution in [0.15, 0.2) is 18.2 Å². The highest BCUT2D eigenvalue weighted by Gasteiger charge is 2.42. The lowest BCUT2D eigenvalue weighted by Crippen LogP contribution is -2.23. The van der Waals surface area contributed by atoms with E-state index >= 15 is 0 Å². The molecular weight excluding hydrogens is 268 g/mol. The molecule has 2 fully saturated rings. The molecule has 4 heteroatoms. The molecular formula is C14H17ClO2S. The summed E-state index contributed by atoms with van der Waals surface area (Å²) < 4.78 is 5.94. The van der Waals surface area contributed by atoms with Crippen molar-refractivity contribution in [2.75, 3.05) is 11.5 Å². The monoisotopic (exact) mass is 284 g/mol. The number of ether oxygens (including phenoxy) is 1. The number of halogens is 1. The van der Waals surface area contributed by atoms with Gasteiger partial charge in [0.1, 0.15) is 11.9 Å². The van der Waals surface area contributed by atoms with Crippen molar-refractivity contribution in [1.29, 1.82) is 0 Å². The third kappa shape index (κ3) is 2.63. The lowest BCUT2D eigenvalue weighted by atomic mass is 10.1. The van der Waals surface area contributed by atoms with Crippen LogP contribution in [0.25, 0.3) is 0 Å². The third-order valence-corrected chi connectivity index (χ3v) is 5.09. The van der Waals surface area contributed by atoms with Crippen molar-refractivity contribution in [3.8, 4) is 5.75 Å². The van der Waals surface area contributed by atoms with Gasteiger partial charge >= 0.3 is 0 Å². The molecule has 1 aliphatic heterocycles. The van der Waals surface area contributed by atoms with E-state index in [1.165, 1.54) is 12.2 Å². The van der Waals surface area contributed by atoms with E-state index in [0.29, 0.717) is 5.02 Å². The Morgan fingerprint density at radius 3 is 2.83 bits per heavy atom. The molecule has 0 spiro atoms. The first-order valence-electron chi connectivity index (χ1n) is 6.44. The molecule has 1 unspecified atom stereocenters. The molecule has 1 N–H and O–H groups in total. The van der Waals surface area contributed by atoms with Gasteiger partial charge in [-0.25, -0.2) is 0 Å². The second kappa shape index (κ2) is 4.95. The van der Waals surface area contributed by atoms with Gasteiger partial charge < -0.3 is 9.84 Å². The second-order valence-corrected chi connectivity index (χ2v) is 6.69. The van der Waals surface area contributed by atoms with Crippen LogP contribution in [0.2, 0.25) is 5.02 Å². The van der Waals surface area contributed by atoms with E-state index < -0.39 is 5.60 Å².